The average Bonchev–Trinajstić information content (AvgIpc) is 2.49. The topological polar surface area (TPSA) is 72.6 Å². The number of primary amides is 1. The van der Waals surface area contributed by atoms with Crippen molar-refractivity contribution in [3.8, 4) is 5.75 Å². The molecule has 0 saturated heterocycles. The molecule has 0 bridgehead atoms. The van der Waals surface area contributed by atoms with Crippen molar-refractivity contribution in [2.24, 2.45) is 5.73 Å². The van der Waals surface area contributed by atoms with Crippen LogP contribution in [0.2, 0.25) is 0 Å². The van der Waals surface area contributed by atoms with E-state index in [-0.39, 0.29) is 12.5 Å². The predicted octanol–water partition coefficient (Wildman–Crippen LogP) is 1.82. The molecular formula is C16H22N2O3. The fourth-order valence-corrected chi connectivity index (χ4v) is 1.63. The third-order valence-electron chi connectivity index (χ3n) is 2.90. The van der Waals surface area contributed by atoms with Crippen LogP contribution in [0.3, 0.4) is 0 Å². The smallest absolute Gasteiger partial charge is 0.255 e. The number of benzene rings is 1. The lowest BCUT2D eigenvalue weighted by Crippen LogP contribution is -2.25. The van der Waals surface area contributed by atoms with Crippen molar-refractivity contribution in [1.29, 1.82) is 0 Å². The zero-order chi connectivity index (χ0) is 15.7. The molecule has 1 aromatic rings. The molecule has 0 atom stereocenters. The van der Waals surface area contributed by atoms with Gasteiger partial charge in [0.2, 0.25) is 5.91 Å². The minimum Gasteiger partial charge on any atom is -0.484 e. The number of likely N-dealkylation sites (N-methyl/N-ethyl adjacent to an activating group) is 1. The highest BCUT2D eigenvalue weighted by Crippen LogP contribution is 2.13. The van der Waals surface area contributed by atoms with Gasteiger partial charge >= 0.3 is 0 Å². The van der Waals surface area contributed by atoms with Crippen LogP contribution in [0.4, 0.5) is 0 Å². The van der Waals surface area contributed by atoms with Crippen LogP contribution in [-0.4, -0.2) is 36.9 Å². The first-order chi connectivity index (χ1) is 10.0. The Hall–Kier alpha value is -2.30. The highest BCUT2D eigenvalue weighted by Gasteiger charge is 2.03. The first-order valence-corrected chi connectivity index (χ1v) is 6.97. The Balaban J connectivity index is 2.52. The standard InChI is InChI=1S/C16H22N2O3/c1-3-4-11-18(2)16(20)10-7-13-5-8-14(9-6-13)21-12-15(17)19/h5-10H,3-4,11-12H2,1-2H3,(H2,17,19)/b10-7+. The van der Waals surface area contributed by atoms with Gasteiger partial charge in [-0.15, -0.1) is 0 Å². The van der Waals surface area contributed by atoms with E-state index in [0.717, 1.165) is 24.9 Å². The van der Waals surface area contributed by atoms with Crippen LogP contribution in [0.5, 0.6) is 5.75 Å². The summed E-state index contributed by atoms with van der Waals surface area (Å²) in [6.07, 6.45) is 5.37. The molecule has 0 spiro atoms. The number of nitrogens with two attached hydrogens (primary N) is 1. The maximum atomic E-state index is 11.8. The molecular weight excluding hydrogens is 268 g/mol. The number of hydrogen-bond acceptors (Lipinski definition) is 3. The highest BCUT2D eigenvalue weighted by molar-refractivity contribution is 5.91. The maximum Gasteiger partial charge on any atom is 0.255 e. The molecule has 0 unspecified atom stereocenters. The number of amides is 2. The zero-order valence-corrected chi connectivity index (χ0v) is 12.5. The number of unbranched alkanes of at least 4 members (excludes halogenated alkanes) is 1. The van der Waals surface area contributed by atoms with Gasteiger partial charge in [-0.2, -0.15) is 0 Å². The van der Waals surface area contributed by atoms with Gasteiger partial charge in [-0.25, -0.2) is 0 Å². The molecule has 114 valence electrons. The largest absolute Gasteiger partial charge is 0.484 e. The molecule has 2 amide bonds. The van der Waals surface area contributed by atoms with Gasteiger partial charge in [-0.3, -0.25) is 9.59 Å². The van der Waals surface area contributed by atoms with Crippen molar-refractivity contribution < 1.29 is 14.3 Å². The van der Waals surface area contributed by atoms with Crippen molar-refractivity contribution in [2.75, 3.05) is 20.2 Å². The molecule has 0 fully saturated rings. The molecule has 0 heterocycles. The van der Waals surface area contributed by atoms with E-state index in [1.54, 1.807) is 36.2 Å². The van der Waals surface area contributed by atoms with Gasteiger partial charge in [0.1, 0.15) is 5.75 Å². The Morgan fingerprint density at radius 3 is 2.52 bits per heavy atom. The predicted molar refractivity (Wildman–Crippen MR) is 82.7 cm³/mol. The Morgan fingerprint density at radius 1 is 1.29 bits per heavy atom. The van der Waals surface area contributed by atoms with E-state index in [9.17, 15) is 9.59 Å². The van der Waals surface area contributed by atoms with Gasteiger partial charge in [0.25, 0.3) is 5.91 Å². The van der Waals surface area contributed by atoms with Gasteiger partial charge in [-0.1, -0.05) is 25.5 Å². The van der Waals surface area contributed by atoms with Crippen molar-refractivity contribution in [1.82, 2.24) is 4.90 Å². The monoisotopic (exact) mass is 290 g/mol. The quantitative estimate of drug-likeness (QED) is 0.742. The summed E-state index contributed by atoms with van der Waals surface area (Å²) in [5, 5.41) is 0. The second-order valence-electron chi connectivity index (χ2n) is 4.77. The SMILES string of the molecule is CCCCN(C)C(=O)/C=C/c1ccc(OCC(N)=O)cc1. The van der Waals surface area contributed by atoms with Crippen LogP contribution in [0.1, 0.15) is 25.3 Å². The van der Waals surface area contributed by atoms with Crippen LogP contribution in [0, 0.1) is 0 Å². The number of nitrogens with zero attached hydrogens (tertiary/aromatic N) is 1. The summed E-state index contributed by atoms with van der Waals surface area (Å²) in [6.45, 7) is 2.71. The first-order valence-electron chi connectivity index (χ1n) is 6.97. The molecule has 0 aliphatic heterocycles. The van der Waals surface area contributed by atoms with E-state index in [1.807, 2.05) is 12.1 Å². The summed E-state index contributed by atoms with van der Waals surface area (Å²) in [4.78, 5) is 24.1. The van der Waals surface area contributed by atoms with Crippen molar-refractivity contribution in [3.63, 3.8) is 0 Å². The van der Waals surface area contributed by atoms with E-state index in [2.05, 4.69) is 6.92 Å². The molecule has 0 radical (unpaired) electrons. The maximum absolute atomic E-state index is 11.8. The van der Waals surface area contributed by atoms with Gasteiger partial charge in [0, 0.05) is 19.7 Å². The van der Waals surface area contributed by atoms with Crippen molar-refractivity contribution in [2.45, 2.75) is 19.8 Å². The Morgan fingerprint density at radius 2 is 1.95 bits per heavy atom. The number of carbonyl (C=O) groups is 2. The summed E-state index contributed by atoms with van der Waals surface area (Å²) in [5.41, 5.74) is 5.88. The van der Waals surface area contributed by atoms with Crippen LogP contribution in [-0.2, 0) is 9.59 Å². The Bertz CT molecular complexity index is 495. The molecule has 5 heteroatoms. The highest BCUT2D eigenvalue weighted by atomic mass is 16.5. The second-order valence-corrected chi connectivity index (χ2v) is 4.77. The zero-order valence-electron chi connectivity index (χ0n) is 12.5. The second kappa shape index (κ2) is 8.79. The number of rotatable bonds is 8. The number of ether oxygens (including phenoxy) is 1. The molecule has 0 saturated carbocycles. The van der Waals surface area contributed by atoms with E-state index in [1.165, 1.54) is 0 Å². The average molecular weight is 290 g/mol. The molecule has 1 rings (SSSR count). The fourth-order valence-electron chi connectivity index (χ4n) is 1.63. The molecule has 5 nitrogen and oxygen atoms in total. The minimum absolute atomic E-state index is 0.0162. The molecule has 1 aromatic carbocycles. The van der Waals surface area contributed by atoms with Crippen LogP contribution in [0.15, 0.2) is 30.3 Å². The van der Waals surface area contributed by atoms with Gasteiger partial charge in [-0.05, 0) is 30.2 Å². The molecule has 0 aromatic heterocycles. The molecule has 0 aliphatic rings. The van der Waals surface area contributed by atoms with E-state index in [0.29, 0.717) is 5.75 Å². The molecule has 2 N–H and O–H groups in total. The molecule has 0 aliphatic carbocycles. The summed E-state index contributed by atoms with van der Waals surface area (Å²) < 4.78 is 5.16. The summed E-state index contributed by atoms with van der Waals surface area (Å²) in [7, 11) is 1.79. The van der Waals surface area contributed by atoms with Gasteiger partial charge in [0.05, 0.1) is 0 Å². The third kappa shape index (κ3) is 6.61. The Labute approximate surface area is 125 Å². The van der Waals surface area contributed by atoms with Crippen LogP contribution >= 0.6 is 0 Å². The van der Waals surface area contributed by atoms with E-state index < -0.39 is 5.91 Å². The van der Waals surface area contributed by atoms with Crippen molar-refractivity contribution in [3.05, 3.63) is 35.9 Å². The number of hydrogen-bond donors (Lipinski definition) is 1. The van der Waals surface area contributed by atoms with Gasteiger partial charge in [0.15, 0.2) is 6.61 Å². The van der Waals surface area contributed by atoms with Crippen LogP contribution < -0.4 is 10.5 Å². The minimum atomic E-state index is -0.514. The van der Waals surface area contributed by atoms with Gasteiger partial charge < -0.3 is 15.4 Å². The van der Waals surface area contributed by atoms with Crippen molar-refractivity contribution >= 4 is 17.9 Å². The lowest BCUT2D eigenvalue weighted by Gasteiger charge is -2.13. The Kier molecular flexibility index (Phi) is 7.01. The van der Waals surface area contributed by atoms with Crippen LogP contribution in [0.25, 0.3) is 6.08 Å². The molecule has 21 heavy (non-hydrogen) atoms. The normalized spacial score (nSPS) is 10.6. The van der Waals surface area contributed by atoms with E-state index in [4.69, 9.17) is 10.5 Å². The lowest BCUT2D eigenvalue weighted by atomic mass is 10.2. The summed E-state index contributed by atoms with van der Waals surface area (Å²) >= 11 is 0. The van der Waals surface area contributed by atoms with E-state index >= 15 is 0 Å². The summed E-state index contributed by atoms with van der Waals surface area (Å²) in [5.74, 6) is 0.0366. The fraction of sp³-hybridized carbons (Fsp3) is 0.375. The first kappa shape index (κ1) is 16.8. The summed E-state index contributed by atoms with van der Waals surface area (Å²) in [6, 6.07) is 7.08. The third-order valence-corrected chi connectivity index (χ3v) is 2.90. The lowest BCUT2D eigenvalue weighted by molar-refractivity contribution is -0.124. The number of carbonyl (C=O) groups excluding carboxylic acids is 2.